The van der Waals surface area contributed by atoms with Crippen LogP contribution in [0.1, 0.15) is 17.7 Å². The number of nitrogens with zero attached hydrogens (tertiary/aromatic N) is 3. The summed E-state index contributed by atoms with van der Waals surface area (Å²) >= 11 is 0. The molecule has 14 heteroatoms. The predicted molar refractivity (Wildman–Crippen MR) is 118 cm³/mol. The number of rotatable bonds is 5. The second-order valence-corrected chi connectivity index (χ2v) is 9.52. The number of halogens is 5. The maximum atomic E-state index is 13.7. The summed E-state index contributed by atoms with van der Waals surface area (Å²) in [5, 5.41) is 6.08. The fourth-order valence-corrected chi connectivity index (χ4v) is 3.89. The number of benzene rings is 2. The first-order chi connectivity index (χ1) is 16.8. The molecule has 0 aliphatic heterocycles. The van der Waals surface area contributed by atoms with Crippen LogP contribution in [0.2, 0.25) is 0 Å². The minimum atomic E-state index is -4.58. The molecule has 2 aromatic heterocycles. The number of carbonyl (C=O) groups excluding carboxylic acids is 1. The molecule has 1 N–H and O–H groups in total. The number of ether oxygens (including phenoxy) is 1. The van der Waals surface area contributed by atoms with Gasteiger partial charge in [-0.05, 0) is 36.4 Å². The highest BCUT2D eigenvalue weighted by Gasteiger charge is 2.30. The van der Waals surface area contributed by atoms with E-state index in [1.54, 1.807) is 0 Å². The van der Waals surface area contributed by atoms with Gasteiger partial charge in [0.25, 0.3) is 6.43 Å². The second-order valence-electron chi connectivity index (χ2n) is 7.50. The molecule has 1 amide bonds. The highest BCUT2D eigenvalue weighted by atomic mass is 32.2. The summed E-state index contributed by atoms with van der Waals surface area (Å²) in [4.78, 5) is 16.5. The lowest BCUT2D eigenvalue weighted by atomic mass is 10.1. The molecular weight excluding hydrogens is 511 g/mol. The van der Waals surface area contributed by atoms with Crippen LogP contribution in [0.4, 0.5) is 32.4 Å². The summed E-state index contributed by atoms with van der Waals surface area (Å²) in [7, 11) is -3.54. The van der Waals surface area contributed by atoms with Crippen molar-refractivity contribution in [1.82, 2.24) is 14.6 Å². The molecule has 0 aliphatic rings. The average Bonchev–Trinajstić information content (AvgIpc) is 3.20. The number of amides is 1. The Morgan fingerprint density at radius 3 is 2.39 bits per heavy atom. The maximum Gasteiger partial charge on any atom is 0.417 e. The first-order valence-corrected chi connectivity index (χ1v) is 11.9. The molecule has 0 bridgehead atoms. The highest BCUT2D eigenvalue weighted by molar-refractivity contribution is 7.90. The van der Waals surface area contributed by atoms with E-state index in [4.69, 9.17) is 4.74 Å². The normalized spacial score (nSPS) is 12.2. The van der Waals surface area contributed by atoms with Gasteiger partial charge in [0, 0.05) is 17.5 Å². The van der Waals surface area contributed by atoms with Gasteiger partial charge < -0.3 is 4.74 Å². The van der Waals surface area contributed by atoms with Crippen molar-refractivity contribution in [3.63, 3.8) is 0 Å². The monoisotopic (exact) mass is 526 g/mol. The number of sulfone groups is 1. The van der Waals surface area contributed by atoms with Crippen molar-refractivity contribution in [2.75, 3.05) is 11.6 Å². The molecule has 4 rings (SSSR count). The molecule has 0 atom stereocenters. The zero-order valence-corrected chi connectivity index (χ0v) is 18.9. The molecule has 0 unspecified atom stereocenters. The van der Waals surface area contributed by atoms with Gasteiger partial charge in [0.05, 0.1) is 22.3 Å². The zero-order chi connectivity index (χ0) is 26.3. The summed E-state index contributed by atoms with van der Waals surface area (Å²) in [5.41, 5.74) is -1.74. The highest BCUT2D eigenvalue weighted by Crippen LogP contribution is 2.33. The van der Waals surface area contributed by atoms with Crippen molar-refractivity contribution >= 4 is 27.3 Å². The van der Waals surface area contributed by atoms with Gasteiger partial charge in [-0.3, -0.25) is 5.32 Å². The van der Waals surface area contributed by atoms with Gasteiger partial charge in [0.15, 0.2) is 21.2 Å². The van der Waals surface area contributed by atoms with Gasteiger partial charge >= 0.3 is 12.3 Å². The topological polar surface area (TPSA) is 103 Å². The molecule has 4 aromatic rings. The van der Waals surface area contributed by atoms with E-state index < -0.39 is 39.8 Å². The number of carbonyl (C=O) groups is 1. The van der Waals surface area contributed by atoms with Crippen LogP contribution in [-0.4, -0.2) is 35.4 Å². The van der Waals surface area contributed by atoms with Crippen molar-refractivity contribution in [3.05, 3.63) is 72.1 Å². The molecule has 0 aliphatic carbocycles. The van der Waals surface area contributed by atoms with Crippen LogP contribution >= 0.6 is 0 Å². The lowest BCUT2D eigenvalue weighted by molar-refractivity contribution is -0.137. The number of hydrogen-bond acceptors (Lipinski definition) is 6. The van der Waals surface area contributed by atoms with E-state index in [1.807, 2.05) is 0 Å². The largest absolute Gasteiger partial charge is 0.417 e. The van der Waals surface area contributed by atoms with E-state index in [2.05, 4.69) is 15.4 Å². The number of fused-ring (bicyclic) bond motifs is 1. The molecule has 188 valence electrons. The minimum absolute atomic E-state index is 0.0549. The Hall–Kier alpha value is -4.07. The van der Waals surface area contributed by atoms with Crippen LogP contribution in [0.3, 0.4) is 0 Å². The van der Waals surface area contributed by atoms with Crippen molar-refractivity contribution in [3.8, 4) is 17.0 Å². The SMILES string of the molecule is CS(=O)(=O)c1cccc(NC(=O)Oc2cnn3c(C(F)F)cc(-c4ccc(C(F)(F)F)cc4)nc23)c1. The molecule has 2 heterocycles. The second kappa shape index (κ2) is 9.18. The van der Waals surface area contributed by atoms with E-state index in [1.165, 1.54) is 24.3 Å². The fourth-order valence-electron chi connectivity index (χ4n) is 3.22. The van der Waals surface area contributed by atoms with Gasteiger partial charge in [-0.15, -0.1) is 0 Å². The van der Waals surface area contributed by atoms with Gasteiger partial charge in [-0.1, -0.05) is 18.2 Å². The molecular formula is C22H15F5N4O4S. The molecule has 0 saturated carbocycles. The van der Waals surface area contributed by atoms with Crippen LogP contribution in [-0.2, 0) is 16.0 Å². The molecule has 0 spiro atoms. The average molecular weight is 526 g/mol. The standard InChI is InChI=1S/C22H15F5N4O4S/c1-36(33,34)15-4-2-3-14(9-15)29-21(32)35-18-11-28-31-17(19(23)24)10-16(30-20(18)31)12-5-7-13(8-6-12)22(25,26)27/h2-11,19H,1H3,(H,29,32). The quantitative estimate of drug-likeness (QED) is 0.351. The van der Waals surface area contributed by atoms with E-state index in [0.717, 1.165) is 47.3 Å². The summed E-state index contributed by atoms with van der Waals surface area (Å²) < 4.78 is 95.3. The van der Waals surface area contributed by atoms with E-state index in [0.29, 0.717) is 0 Å². The van der Waals surface area contributed by atoms with Crippen molar-refractivity contribution in [2.45, 2.75) is 17.5 Å². The molecule has 0 fully saturated rings. The molecule has 0 saturated heterocycles. The van der Waals surface area contributed by atoms with E-state index >= 15 is 0 Å². The number of hydrogen-bond donors (Lipinski definition) is 1. The number of alkyl halides is 5. The molecule has 8 nitrogen and oxygen atoms in total. The Balaban J connectivity index is 1.67. The first-order valence-electron chi connectivity index (χ1n) is 9.96. The van der Waals surface area contributed by atoms with Crippen LogP contribution in [0.15, 0.2) is 65.7 Å². The maximum absolute atomic E-state index is 13.7. The number of anilines is 1. The lowest BCUT2D eigenvalue weighted by Gasteiger charge is -2.10. The van der Waals surface area contributed by atoms with Crippen LogP contribution in [0.25, 0.3) is 16.9 Å². The number of aromatic nitrogens is 3. The van der Waals surface area contributed by atoms with Gasteiger partial charge in [0.2, 0.25) is 0 Å². The van der Waals surface area contributed by atoms with Crippen LogP contribution in [0, 0.1) is 0 Å². The van der Waals surface area contributed by atoms with Crippen molar-refractivity contribution in [2.24, 2.45) is 0 Å². The van der Waals surface area contributed by atoms with Crippen molar-refractivity contribution < 1.29 is 39.9 Å². The third-order valence-electron chi connectivity index (χ3n) is 4.91. The van der Waals surface area contributed by atoms with E-state index in [9.17, 15) is 35.2 Å². The summed E-state index contributed by atoms with van der Waals surface area (Å²) in [6.45, 7) is 0. The Labute approximate surface area is 200 Å². The number of nitrogens with one attached hydrogen (secondary N) is 1. The Kier molecular flexibility index (Phi) is 6.39. The Morgan fingerprint density at radius 2 is 1.78 bits per heavy atom. The molecule has 0 radical (unpaired) electrons. The third kappa shape index (κ3) is 5.27. The van der Waals surface area contributed by atoms with Gasteiger partial charge in [-0.2, -0.15) is 18.3 Å². The fraction of sp³-hybridized carbons (Fsp3) is 0.136. The van der Waals surface area contributed by atoms with Crippen molar-refractivity contribution in [1.29, 1.82) is 0 Å². The zero-order valence-electron chi connectivity index (χ0n) is 18.1. The smallest absolute Gasteiger partial charge is 0.404 e. The lowest BCUT2D eigenvalue weighted by Crippen LogP contribution is -2.17. The first kappa shape index (κ1) is 25.0. The Morgan fingerprint density at radius 1 is 1.08 bits per heavy atom. The summed E-state index contributed by atoms with van der Waals surface area (Å²) in [5.74, 6) is -0.317. The van der Waals surface area contributed by atoms with E-state index in [-0.39, 0.29) is 33.2 Å². The predicted octanol–water partition coefficient (Wildman–Crippen LogP) is 5.37. The summed E-state index contributed by atoms with van der Waals surface area (Å²) in [6, 6.07) is 10.0. The van der Waals surface area contributed by atoms with Gasteiger partial charge in [0.1, 0.15) is 5.69 Å². The molecule has 36 heavy (non-hydrogen) atoms. The van der Waals surface area contributed by atoms with Crippen LogP contribution in [0.5, 0.6) is 5.75 Å². The Bertz CT molecular complexity index is 1550. The van der Waals surface area contributed by atoms with Gasteiger partial charge in [-0.25, -0.2) is 31.5 Å². The van der Waals surface area contributed by atoms with Crippen LogP contribution < -0.4 is 10.1 Å². The third-order valence-corrected chi connectivity index (χ3v) is 6.02. The molecule has 2 aromatic carbocycles. The minimum Gasteiger partial charge on any atom is -0.404 e. The summed E-state index contributed by atoms with van der Waals surface area (Å²) in [6.07, 6.45) is -6.74.